The highest BCUT2D eigenvalue weighted by molar-refractivity contribution is 5.84. The lowest BCUT2D eigenvalue weighted by Crippen LogP contribution is -2.48. The van der Waals surface area contributed by atoms with Crippen molar-refractivity contribution in [3.8, 4) is 0 Å². The lowest BCUT2D eigenvalue weighted by atomic mass is 10.0. The van der Waals surface area contributed by atoms with Gasteiger partial charge in [0, 0.05) is 0 Å². The van der Waals surface area contributed by atoms with Gasteiger partial charge in [0.2, 0.25) is 5.91 Å². The average molecular weight is 214 g/mol. The summed E-state index contributed by atoms with van der Waals surface area (Å²) in [5.41, 5.74) is 5.67. The maximum absolute atomic E-state index is 11.5. The van der Waals surface area contributed by atoms with Crippen LogP contribution < -0.4 is 11.1 Å². The number of rotatable bonds is 6. The van der Waals surface area contributed by atoms with Gasteiger partial charge in [0.15, 0.2) is 0 Å². The first-order valence-corrected chi connectivity index (χ1v) is 5.39. The van der Waals surface area contributed by atoms with E-state index < -0.39 is 12.1 Å². The molecule has 0 aliphatic carbocycles. The van der Waals surface area contributed by atoms with Crippen LogP contribution in [0.1, 0.15) is 34.1 Å². The number of carbonyl (C=O) groups is 2. The molecule has 0 fully saturated rings. The zero-order chi connectivity index (χ0) is 12.0. The quantitative estimate of drug-likeness (QED) is 0.639. The molecule has 0 saturated carbocycles. The number of nitrogens with two attached hydrogens (primary N) is 1. The van der Waals surface area contributed by atoms with Crippen LogP contribution in [0, 0.1) is 11.8 Å². The number of carbonyl (C=O) groups excluding carboxylic acids is 2. The first kappa shape index (κ1) is 14.1. The van der Waals surface area contributed by atoms with Gasteiger partial charge in [0.25, 0.3) is 0 Å². The number of amides is 1. The molecular formula is C11H22N2O2. The molecule has 3 N–H and O–H groups in total. The normalized spacial score (nSPS) is 15.1. The fourth-order valence-corrected chi connectivity index (χ4v) is 1.24. The van der Waals surface area contributed by atoms with Gasteiger partial charge in [-0.1, -0.05) is 27.7 Å². The molecule has 0 bridgehead atoms. The first-order chi connectivity index (χ1) is 6.88. The van der Waals surface area contributed by atoms with E-state index in [4.69, 9.17) is 5.73 Å². The van der Waals surface area contributed by atoms with Gasteiger partial charge in [-0.3, -0.25) is 4.79 Å². The van der Waals surface area contributed by atoms with Gasteiger partial charge in [0.05, 0.1) is 12.1 Å². The van der Waals surface area contributed by atoms with Gasteiger partial charge in [-0.05, 0) is 18.3 Å². The highest BCUT2D eigenvalue weighted by Crippen LogP contribution is 2.04. The highest BCUT2D eigenvalue weighted by atomic mass is 16.2. The lowest BCUT2D eigenvalue weighted by molar-refractivity contribution is -0.126. The minimum atomic E-state index is -0.542. The predicted molar refractivity (Wildman–Crippen MR) is 60.3 cm³/mol. The molecule has 4 nitrogen and oxygen atoms in total. The van der Waals surface area contributed by atoms with Crippen molar-refractivity contribution in [1.29, 1.82) is 0 Å². The summed E-state index contributed by atoms with van der Waals surface area (Å²) in [6, 6.07) is -0.957. The van der Waals surface area contributed by atoms with Crippen LogP contribution in [0.25, 0.3) is 0 Å². The second-order valence-corrected chi connectivity index (χ2v) is 4.65. The topological polar surface area (TPSA) is 72.2 Å². The van der Waals surface area contributed by atoms with Crippen molar-refractivity contribution in [2.24, 2.45) is 17.6 Å². The van der Waals surface area contributed by atoms with Gasteiger partial charge in [-0.2, -0.15) is 0 Å². The summed E-state index contributed by atoms with van der Waals surface area (Å²) in [4.78, 5) is 22.3. The van der Waals surface area contributed by atoms with Crippen LogP contribution in [0.4, 0.5) is 0 Å². The molecule has 0 saturated heterocycles. The maximum Gasteiger partial charge on any atom is 0.237 e. The summed E-state index contributed by atoms with van der Waals surface area (Å²) in [6.07, 6.45) is 1.42. The average Bonchev–Trinajstić information content (AvgIpc) is 2.14. The Morgan fingerprint density at radius 3 is 2.20 bits per heavy atom. The third kappa shape index (κ3) is 5.52. The van der Waals surface area contributed by atoms with Crippen LogP contribution in [0.2, 0.25) is 0 Å². The Morgan fingerprint density at radius 1 is 1.33 bits per heavy atom. The van der Waals surface area contributed by atoms with Gasteiger partial charge < -0.3 is 15.8 Å². The summed E-state index contributed by atoms with van der Waals surface area (Å²) in [5, 5.41) is 2.65. The zero-order valence-electron chi connectivity index (χ0n) is 9.99. The molecule has 0 aliphatic heterocycles. The molecular weight excluding hydrogens is 192 g/mol. The minimum Gasteiger partial charge on any atom is -0.345 e. The Balaban J connectivity index is 4.18. The van der Waals surface area contributed by atoms with Crippen molar-refractivity contribution in [2.45, 2.75) is 46.2 Å². The van der Waals surface area contributed by atoms with Gasteiger partial charge in [-0.25, -0.2) is 0 Å². The van der Waals surface area contributed by atoms with Crippen molar-refractivity contribution in [2.75, 3.05) is 0 Å². The molecule has 15 heavy (non-hydrogen) atoms. The molecule has 0 aromatic heterocycles. The van der Waals surface area contributed by atoms with E-state index >= 15 is 0 Å². The van der Waals surface area contributed by atoms with Gasteiger partial charge >= 0.3 is 0 Å². The van der Waals surface area contributed by atoms with E-state index in [1.807, 2.05) is 27.7 Å². The molecule has 0 radical (unpaired) electrons. The molecule has 0 heterocycles. The first-order valence-electron chi connectivity index (χ1n) is 5.39. The van der Waals surface area contributed by atoms with Crippen LogP contribution in [0.15, 0.2) is 0 Å². The monoisotopic (exact) mass is 214 g/mol. The Morgan fingerprint density at radius 2 is 1.87 bits per heavy atom. The standard InChI is InChI=1S/C11H22N2O2/c1-7(2)5-9(6-14)13-11(15)10(12)8(3)4/h6-10H,5,12H2,1-4H3,(H,13,15)/t9-,10+/m1/s1. The number of hydrogen-bond donors (Lipinski definition) is 2. The van der Waals surface area contributed by atoms with Crippen molar-refractivity contribution >= 4 is 12.2 Å². The molecule has 0 aromatic carbocycles. The number of nitrogens with one attached hydrogen (secondary N) is 1. The Labute approximate surface area is 91.6 Å². The zero-order valence-corrected chi connectivity index (χ0v) is 9.99. The molecule has 0 aromatic rings. The van der Waals surface area contributed by atoms with E-state index in [1.54, 1.807) is 0 Å². The Hall–Kier alpha value is -0.900. The van der Waals surface area contributed by atoms with Crippen molar-refractivity contribution < 1.29 is 9.59 Å². The fraction of sp³-hybridized carbons (Fsp3) is 0.818. The highest BCUT2D eigenvalue weighted by Gasteiger charge is 2.20. The van der Waals surface area contributed by atoms with Crippen molar-refractivity contribution in [3.63, 3.8) is 0 Å². The summed E-state index contributed by atoms with van der Waals surface area (Å²) in [5.74, 6) is 0.204. The number of hydrogen-bond acceptors (Lipinski definition) is 3. The largest absolute Gasteiger partial charge is 0.345 e. The van der Waals surface area contributed by atoms with E-state index in [0.29, 0.717) is 12.3 Å². The number of aldehydes is 1. The third-order valence-electron chi connectivity index (χ3n) is 2.24. The molecule has 4 heteroatoms. The molecule has 88 valence electrons. The third-order valence-corrected chi connectivity index (χ3v) is 2.24. The van der Waals surface area contributed by atoms with E-state index in [-0.39, 0.29) is 11.8 Å². The van der Waals surface area contributed by atoms with Gasteiger partial charge in [0.1, 0.15) is 6.29 Å². The summed E-state index contributed by atoms with van der Waals surface area (Å²) < 4.78 is 0. The van der Waals surface area contributed by atoms with Crippen LogP contribution in [-0.4, -0.2) is 24.3 Å². The van der Waals surface area contributed by atoms with Crippen LogP contribution in [0.5, 0.6) is 0 Å². The Kier molecular flexibility index (Phi) is 6.17. The van der Waals surface area contributed by atoms with E-state index in [1.165, 1.54) is 0 Å². The molecule has 0 rings (SSSR count). The van der Waals surface area contributed by atoms with Crippen molar-refractivity contribution in [3.05, 3.63) is 0 Å². The second-order valence-electron chi connectivity index (χ2n) is 4.65. The van der Waals surface area contributed by atoms with Crippen LogP contribution in [-0.2, 0) is 9.59 Å². The Bertz CT molecular complexity index is 215. The SMILES string of the molecule is CC(C)C[C@H](C=O)NC(=O)[C@@H](N)C(C)C. The molecule has 0 aliphatic rings. The summed E-state index contributed by atoms with van der Waals surface area (Å²) in [6.45, 7) is 7.77. The minimum absolute atomic E-state index is 0.0800. The fourth-order valence-electron chi connectivity index (χ4n) is 1.24. The summed E-state index contributed by atoms with van der Waals surface area (Å²) in [7, 11) is 0. The molecule has 2 atom stereocenters. The summed E-state index contributed by atoms with van der Waals surface area (Å²) >= 11 is 0. The molecule has 1 amide bonds. The molecule has 0 spiro atoms. The molecule has 0 unspecified atom stereocenters. The predicted octanol–water partition coefficient (Wildman–Crippen LogP) is 0.700. The van der Waals surface area contributed by atoms with Crippen LogP contribution in [0.3, 0.4) is 0 Å². The maximum atomic E-state index is 11.5. The van der Waals surface area contributed by atoms with E-state index in [9.17, 15) is 9.59 Å². The van der Waals surface area contributed by atoms with Crippen molar-refractivity contribution in [1.82, 2.24) is 5.32 Å². The van der Waals surface area contributed by atoms with E-state index in [2.05, 4.69) is 5.32 Å². The van der Waals surface area contributed by atoms with E-state index in [0.717, 1.165) is 6.29 Å². The smallest absolute Gasteiger partial charge is 0.237 e. The second kappa shape index (κ2) is 6.56. The lowest BCUT2D eigenvalue weighted by Gasteiger charge is -2.19. The van der Waals surface area contributed by atoms with Crippen LogP contribution >= 0.6 is 0 Å². The van der Waals surface area contributed by atoms with Gasteiger partial charge in [-0.15, -0.1) is 0 Å².